The van der Waals surface area contributed by atoms with Crippen molar-refractivity contribution < 1.29 is 4.39 Å². The molecule has 0 atom stereocenters. The standard InChI is InChI=1S/C18H13ClFN5S2/c19-15-4-2-1-3-14(15)16-23-24-18(25(16)21)27-10-13-9-26-17(22-13)11-5-7-12(20)8-6-11/h1-9H,10,21H2. The lowest BCUT2D eigenvalue weighted by molar-refractivity contribution is 0.628. The number of hydrogen-bond acceptors (Lipinski definition) is 6. The highest BCUT2D eigenvalue weighted by Gasteiger charge is 2.15. The van der Waals surface area contributed by atoms with Crippen LogP contribution in [0.4, 0.5) is 4.39 Å². The highest BCUT2D eigenvalue weighted by molar-refractivity contribution is 7.98. The molecule has 0 radical (unpaired) electrons. The fourth-order valence-corrected chi connectivity index (χ4v) is 4.34. The third kappa shape index (κ3) is 3.83. The molecule has 4 aromatic rings. The van der Waals surface area contributed by atoms with Crippen LogP contribution in [0.15, 0.2) is 59.1 Å². The fourth-order valence-electron chi connectivity index (χ4n) is 2.44. The number of rotatable bonds is 5. The molecular formula is C18H13ClFN5S2. The van der Waals surface area contributed by atoms with Crippen LogP contribution in [0.25, 0.3) is 22.0 Å². The van der Waals surface area contributed by atoms with E-state index >= 15 is 0 Å². The van der Waals surface area contributed by atoms with Crippen molar-refractivity contribution in [1.82, 2.24) is 19.9 Å². The summed E-state index contributed by atoms with van der Waals surface area (Å²) >= 11 is 9.16. The Labute approximate surface area is 168 Å². The van der Waals surface area contributed by atoms with E-state index < -0.39 is 0 Å². The van der Waals surface area contributed by atoms with E-state index in [-0.39, 0.29) is 5.82 Å². The molecule has 0 spiro atoms. The molecule has 136 valence electrons. The first-order valence-electron chi connectivity index (χ1n) is 7.90. The zero-order valence-electron chi connectivity index (χ0n) is 13.8. The van der Waals surface area contributed by atoms with Crippen molar-refractivity contribution in [3.8, 4) is 22.0 Å². The third-order valence-corrected chi connectivity index (χ3v) is 6.02. The number of aromatic nitrogens is 4. The molecule has 4 rings (SSSR count). The average Bonchev–Trinajstić information content (AvgIpc) is 3.28. The first-order valence-corrected chi connectivity index (χ1v) is 10.1. The molecule has 0 aliphatic carbocycles. The Morgan fingerprint density at radius 3 is 2.67 bits per heavy atom. The quantitative estimate of drug-likeness (QED) is 0.370. The molecule has 2 aromatic carbocycles. The number of thioether (sulfide) groups is 1. The zero-order valence-corrected chi connectivity index (χ0v) is 16.2. The van der Waals surface area contributed by atoms with E-state index in [9.17, 15) is 4.39 Å². The van der Waals surface area contributed by atoms with Crippen molar-refractivity contribution in [2.24, 2.45) is 0 Å². The van der Waals surface area contributed by atoms with Gasteiger partial charge in [-0.15, -0.1) is 21.5 Å². The molecule has 0 fully saturated rings. The molecule has 0 amide bonds. The van der Waals surface area contributed by atoms with Gasteiger partial charge in [0, 0.05) is 22.3 Å². The second-order valence-electron chi connectivity index (χ2n) is 5.60. The van der Waals surface area contributed by atoms with Crippen molar-refractivity contribution in [1.29, 1.82) is 0 Å². The van der Waals surface area contributed by atoms with Gasteiger partial charge >= 0.3 is 0 Å². The molecule has 0 aliphatic heterocycles. The average molecular weight is 418 g/mol. The van der Waals surface area contributed by atoms with E-state index in [4.69, 9.17) is 17.4 Å². The Hall–Kier alpha value is -2.42. The number of nitrogens with two attached hydrogens (primary N) is 1. The molecule has 0 saturated heterocycles. The Balaban J connectivity index is 1.49. The summed E-state index contributed by atoms with van der Waals surface area (Å²) in [4.78, 5) is 4.59. The van der Waals surface area contributed by atoms with Crippen molar-refractivity contribution in [3.63, 3.8) is 0 Å². The zero-order chi connectivity index (χ0) is 18.8. The van der Waals surface area contributed by atoms with Gasteiger partial charge in [0.1, 0.15) is 10.8 Å². The first kappa shape index (κ1) is 18.0. The summed E-state index contributed by atoms with van der Waals surface area (Å²) in [5.41, 5.74) is 2.51. The SMILES string of the molecule is Nn1c(SCc2csc(-c3ccc(F)cc3)n2)nnc1-c1ccccc1Cl. The topological polar surface area (TPSA) is 69.6 Å². The first-order chi connectivity index (χ1) is 13.1. The van der Waals surface area contributed by atoms with E-state index in [0.29, 0.717) is 21.8 Å². The molecule has 0 bridgehead atoms. The molecule has 2 N–H and O–H groups in total. The molecule has 0 saturated carbocycles. The summed E-state index contributed by atoms with van der Waals surface area (Å²) in [6, 6.07) is 13.6. The summed E-state index contributed by atoms with van der Waals surface area (Å²) in [5.74, 6) is 6.98. The maximum absolute atomic E-state index is 13.0. The van der Waals surface area contributed by atoms with Gasteiger partial charge in [-0.05, 0) is 36.4 Å². The Kier molecular flexibility index (Phi) is 5.11. The van der Waals surface area contributed by atoms with Gasteiger partial charge in [-0.1, -0.05) is 35.5 Å². The van der Waals surface area contributed by atoms with E-state index in [2.05, 4.69) is 15.2 Å². The van der Waals surface area contributed by atoms with E-state index in [1.807, 2.05) is 23.6 Å². The highest BCUT2D eigenvalue weighted by atomic mass is 35.5. The number of benzene rings is 2. The maximum atomic E-state index is 13.0. The molecule has 9 heteroatoms. The van der Waals surface area contributed by atoms with Crippen molar-refractivity contribution in [3.05, 3.63) is 70.4 Å². The van der Waals surface area contributed by atoms with Crippen molar-refractivity contribution >= 4 is 34.7 Å². The molecule has 2 heterocycles. The lowest BCUT2D eigenvalue weighted by Gasteiger charge is -2.04. The Morgan fingerprint density at radius 2 is 1.89 bits per heavy atom. The molecular weight excluding hydrogens is 405 g/mol. The molecule has 0 aliphatic rings. The van der Waals surface area contributed by atoms with E-state index in [1.165, 1.54) is 39.9 Å². The molecule has 5 nitrogen and oxygen atoms in total. The van der Waals surface area contributed by atoms with Crippen LogP contribution in [-0.2, 0) is 5.75 Å². The molecule has 27 heavy (non-hydrogen) atoms. The minimum atomic E-state index is -0.261. The predicted octanol–water partition coefficient (Wildman–Crippen LogP) is 4.87. The van der Waals surface area contributed by atoms with Crippen molar-refractivity contribution in [2.75, 3.05) is 5.84 Å². The van der Waals surface area contributed by atoms with Gasteiger partial charge in [-0.3, -0.25) is 0 Å². The van der Waals surface area contributed by atoms with E-state index in [0.717, 1.165) is 21.8 Å². The smallest absolute Gasteiger partial charge is 0.210 e. The van der Waals surface area contributed by atoms with Crippen LogP contribution in [0.2, 0.25) is 5.02 Å². The van der Waals surface area contributed by atoms with E-state index in [1.54, 1.807) is 18.2 Å². The lowest BCUT2D eigenvalue weighted by Crippen LogP contribution is -2.11. The lowest BCUT2D eigenvalue weighted by atomic mass is 10.2. The van der Waals surface area contributed by atoms with Crippen LogP contribution < -0.4 is 5.84 Å². The highest BCUT2D eigenvalue weighted by Crippen LogP contribution is 2.30. The van der Waals surface area contributed by atoms with Gasteiger partial charge in [-0.2, -0.15) is 0 Å². The summed E-state index contributed by atoms with van der Waals surface area (Å²) in [6.07, 6.45) is 0. The minimum Gasteiger partial charge on any atom is -0.335 e. The van der Waals surface area contributed by atoms with Crippen LogP contribution in [0.3, 0.4) is 0 Å². The van der Waals surface area contributed by atoms with Gasteiger partial charge in [-0.25, -0.2) is 14.1 Å². The summed E-state index contributed by atoms with van der Waals surface area (Å²) in [6.45, 7) is 0. The van der Waals surface area contributed by atoms with Crippen LogP contribution in [0, 0.1) is 5.82 Å². The third-order valence-electron chi connectivity index (χ3n) is 3.77. The van der Waals surface area contributed by atoms with Crippen molar-refractivity contribution in [2.45, 2.75) is 10.9 Å². The number of hydrogen-bond donors (Lipinski definition) is 1. The van der Waals surface area contributed by atoms with Gasteiger partial charge in [0.2, 0.25) is 5.16 Å². The summed E-state index contributed by atoms with van der Waals surface area (Å²) in [7, 11) is 0. The second-order valence-corrected chi connectivity index (χ2v) is 7.80. The summed E-state index contributed by atoms with van der Waals surface area (Å²) in [5, 5.41) is 12.2. The van der Waals surface area contributed by atoms with Crippen LogP contribution in [0.5, 0.6) is 0 Å². The largest absolute Gasteiger partial charge is 0.335 e. The molecule has 2 aromatic heterocycles. The van der Waals surface area contributed by atoms with Gasteiger partial charge in [0.15, 0.2) is 5.82 Å². The Morgan fingerprint density at radius 1 is 1.11 bits per heavy atom. The second kappa shape index (κ2) is 7.67. The fraction of sp³-hybridized carbons (Fsp3) is 0.0556. The molecule has 0 unspecified atom stereocenters. The number of thiazole rings is 1. The Bertz CT molecular complexity index is 1080. The van der Waals surface area contributed by atoms with Crippen LogP contribution in [-0.4, -0.2) is 19.9 Å². The van der Waals surface area contributed by atoms with Gasteiger partial charge < -0.3 is 5.84 Å². The number of halogens is 2. The normalized spacial score (nSPS) is 11.0. The van der Waals surface area contributed by atoms with Crippen LogP contribution >= 0.6 is 34.7 Å². The maximum Gasteiger partial charge on any atom is 0.210 e. The summed E-state index contributed by atoms with van der Waals surface area (Å²) < 4.78 is 14.5. The minimum absolute atomic E-state index is 0.261. The number of nitrogens with zero attached hydrogens (tertiary/aromatic N) is 4. The monoisotopic (exact) mass is 417 g/mol. The number of nitrogen functional groups attached to an aromatic ring is 1. The predicted molar refractivity (Wildman–Crippen MR) is 108 cm³/mol. The van der Waals surface area contributed by atoms with Gasteiger partial charge in [0.05, 0.1) is 10.7 Å². The van der Waals surface area contributed by atoms with Crippen LogP contribution in [0.1, 0.15) is 5.69 Å². The van der Waals surface area contributed by atoms with Gasteiger partial charge in [0.25, 0.3) is 0 Å².